The summed E-state index contributed by atoms with van der Waals surface area (Å²) in [5.41, 5.74) is 0. The van der Waals surface area contributed by atoms with Crippen LogP contribution in [0.5, 0.6) is 0 Å². The van der Waals surface area contributed by atoms with Gasteiger partial charge in [0.15, 0.2) is 0 Å². The third-order valence-corrected chi connectivity index (χ3v) is 0. The third kappa shape index (κ3) is 10.6. The maximum absolute atomic E-state index is 4.14. The first-order chi connectivity index (χ1) is 1.00. The monoisotopic (exact) mass is 88.0 g/mol. The second kappa shape index (κ2) is 28.9. The van der Waals surface area contributed by atoms with Crippen LogP contribution in [0.15, 0.2) is 0 Å². The van der Waals surface area contributed by atoms with Gasteiger partial charge in [0, 0.05) is 0 Å². The summed E-state index contributed by atoms with van der Waals surface area (Å²) in [6.45, 7) is 0. The fourth-order valence-electron chi connectivity index (χ4n) is 0. The average molecular weight is 88.7 g/mol. The number of hydrogen-bond acceptors (Lipinski definition) is 0. The molecular formula is BCl2Li. The molecule has 0 heterocycles. The second-order valence-corrected chi connectivity index (χ2v) is 0. The van der Waals surface area contributed by atoms with E-state index in [9.17, 15) is 0 Å². The summed E-state index contributed by atoms with van der Waals surface area (Å²) in [4.78, 5) is 0. The minimum atomic E-state index is 0. The maximum Gasteiger partial charge on any atom is 1.00 e. The van der Waals surface area contributed by atoms with Crippen LogP contribution in [0, 0.1) is 0 Å². The van der Waals surface area contributed by atoms with E-state index in [1.807, 2.05) is 0 Å². The van der Waals surface area contributed by atoms with E-state index in [1.165, 1.54) is 0 Å². The van der Waals surface area contributed by atoms with Crippen molar-refractivity contribution in [2.75, 3.05) is 0 Å². The molecule has 18 valence electrons. The zero-order valence-corrected chi connectivity index (χ0v) is 3.85. The van der Waals surface area contributed by atoms with Crippen molar-refractivity contribution < 1.29 is 31.3 Å². The molecule has 0 aromatic carbocycles. The first-order valence-electron chi connectivity index (χ1n) is 0.218. The van der Waals surface area contributed by atoms with Crippen LogP contribution in [0.4, 0.5) is 0 Å². The average Bonchev–Trinajstić information content (AvgIpc) is 1.00. The van der Waals surface area contributed by atoms with E-state index >= 15 is 0 Å². The largest absolute Gasteiger partial charge is 1.00 e. The predicted molar refractivity (Wildman–Crippen MR) is 11.6 cm³/mol. The van der Waals surface area contributed by atoms with Gasteiger partial charge in [-0.15, -0.1) is 0 Å². The molecule has 0 aliphatic carbocycles. The molecule has 0 aromatic rings. The van der Waals surface area contributed by atoms with Crippen LogP contribution in [0.1, 0.15) is 0 Å². The van der Waals surface area contributed by atoms with Gasteiger partial charge in [-0.3, -0.25) is 0 Å². The van der Waals surface area contributed by atoms with Gasteiger partial charge in [-0.05, 0) is 0 Å². The molecule has 0 saturated heterocycles. The van der Waals surface area contributed by atoms with Crippen molar-refractivity contribution in [2.45, 2.75) is 0 Å². The Balaban J connectivity index is -0.00000000500. The normalized spacial score (nSPS) is 1.25. The molecule has 0 bridgehead atoms. The van der Waals surface area contributed by atoms with E-state index in [0.717, 1.165) is 0 Å². The Morgan fingerprint density at radius 1 is 1.25 bits per heavy atom. The Labute approximate surface area is 50.2 Å². The topological polar surface area (TPSA) is 0 Å². The zero-order valence-electron chi connectivity index (χ0n) is 2.33. The molecule has 0 unspecified atom stereocenters. The molecule has 0 aromatic heterocycles. The quantitative estimate of drug-likeness (QED) is 0.259. The van der Waals surface area contributed by atoms with E-state index in [2.05, 4.69) is 18.7 Å². The molecule has 4 heteroatoms. The molecule has 0 spiro atoms. The molecule has 0 N–H and O–H groups in total. The summed E-state index contributed by atoms with van der Waals surface area (Å²) in [5.74, 6) is 0. The van der Waals surface area contributed by atoms with Crippen molar-refractivity contribution in [3.8, 4) is 0 Å². The van der Waals surface area contributed by atoms with E-state index in [-0.39, 0.29) is 31.3 Å². The van der Waals surface area contributed by atoms with Crippen molar-refractivity contribution >= 4 is 18.7 Å². The molecule has 0 atom stereocenters. The van der Waals surface area contributed by atoms with Gasteiger partial charge in [-0.2, -0.15) is 0 Å². The number of halogens is 2. The van der Waals surface area contributed by atoms with Gasteiger partial charge in [0.05, 0.1) is 0 Å². The van der Waals surface area contributed by atoms with Crippen LogP contribution in [0.2, 0.25) is 0 Å². The summed E-state index contributed by atoms with van der Waals surface area (Å²) in [6.07, 6.45) is 0. The van der Waals surface area contributed by atoms with Gasteiger partial charge in [-0.25, -0.2) is 11.5 Å². The van der Waals surface area contributed by atoms with E-state index in [0.29, 0.717) is 0 Å². The molecule has 0 aliphatic heterocycles. The van der Waals surface area contributed by atoms with E-state index in [1.54, 1.807) is 0 Å². The summed E-state index contributed by atoms with van der Waals surface area (Å²) in [5, 5.41) is 0. The van der Waals surface area contributed by atoms with Gasteiger partial charge in [0.1, 0.15) is 0 Å². The van der Waals surface area contributed by atoms with E-state index in [4.69, 9.17) is 0 Å². The predicted octanol–water partition coefficient (Wildman–Crippen LogP) is -5.68. The molecule has 0 nitrogen and oxygen atoms in total. The standard InChI is InChI=1S/BCl.ClH.Li/c1-2;;/h;1H;/q;;+1/p-1. The van der Waals surface area contributed by atoms with Crippen molar-refractivity contribution in [1.29, 1.82) is 0 Å². The van der Waals surface area contributed by atoms with Gasteiger partial charge >= 0.3 is 18.9 Å². The molecule has 0 fully saturated rings. The first kappa shape index (κ1) is 18.8. The van der Waals surface area contributed by atoms with Crippen LogP contribution >= 0.6 is 11.5 Å². The summed E-state index contributed by atoms with van der Waals surface area (Å²) in [6, 6.07) is 0. The fraction of sp³-hybridized carbons (Fsp3) is 0. The molecule has 0 rings (SSSR count). The van der Waals surface area contributed by atoms with Crippen LogP contribution in [-0.2, 0) is 0 Å². The maximum atomic E-state index is 4.14. The molecule has 0 amide bonds. The smallest absolute Gasteiger partial charge is 1.00 e. The van der Waals surface area contributed by atoms with Gasteiger partial charge in [0.2, 0.25) is 7.26 Å². The fourth-order valence-corrected chi connectivity index (χ4v) is 0. The molecule has 2 radical (unpaired) electrons. The van der Waals surface area contributed by atoms with Crippen LogP contribution in [0.25, 0.3) is 0 Å². The van der Waals surface area contributed by atoms with Crippen molar-refractivity contribution in [2.24, 2.45) is 0 Å². The summed E-state index contributed by atoms with van der Waals surface area (Å²) >= 11 is 4.14. The second-order valence-electron chi connectivity index (χ2n) is 0. The zero-order chi connectivity index (χ0) is 2.00. The van der Waals surface area contributed by atoms with Gasteiger partial charge in [0.25, 0.3) is 0 Å². The van der Waals surface area contributed by atoms with Crippen LogP contribution in [-0.4, -0.2) is 7.26 Å². The van der Waals surface area contributed by atoms with Crippen LogP contribution in [0.3, 0.4) is 0 Å². The Hall–Kier alpha value is 1.24. The Morgan fingerprint density at radius 2 is 1.25 bits per heavy atom. The van der Waals surface area contributed by atoms with Crippen molar-refractivity contribution in [3.63, 3.8) is 0 Å². The number of hydrogen-bond donors (Lipinski definition) is 0. The SMILES string of the molecule is [B]Cl.[Cl-].[Li+]. The van der Waals surface area contributed by atoms with Crippen molar-refractivity contribution in [1.82, 2.24) is 0 Å². The Morgan fingerprint density at radius 3 is 1.25 bits per heavy atom. The van der Waals surface area contributed by atoms with Crippen molar-refractivity contribution in [3.05, 3.63) is 0 Å². The number of rotatable bonds is 0. The van der Waals surface area contributed by atoms with E-state index < -0.39 is 0 Å². The minimum Gasteiger partial charge on any atom is -1.00 e. The molecule has 0 saturated carbocycles. The first-order valence-corrected chi connectivity index (χ1v) is 0.655. The Bertz CT molecular complexity index is 6.00. The summed E-state index contributed by atoms with van der Waals surface area (Å²) in [7, 11) is 3.97. The molecular weight excluding hydrogens is 88.7 g/mol. The summed E-state index contributed by atoms with van der Waals surface area (Å²) < 4.78 is 0. The third-order valence-electron chi connectivity index (χ3n) is 0. The molecule has 0 aliphatic rings. The van der Waals surface area contributed by atoms with Gasteiger partial charge in [-0.1, -0.05) is 0 Å². The van der Waals surface area contributed by atoms with Gasteiger partial charge < -0.3 is 12.4 Å². The van der Waals surface area contributed by atoms with Crippen LogP contribution < -0.4 is 31.3 Å². The molecule has 4 heavy (non-hydrogen) atoms. The minimum absolute atomic E-state index is 0. The Kier molecular flexibility index (Phi) is 136.